The molecule has 34 heavy (non-hydrogen) atoms. The molecule has 0 radical (unpaired) electrons. The zero-order valence-electron chi connectivity index (χ0n) is 19.0. The van der Waals surface area contributed by atoms with E-state index in [1.54, 1.807) is 18.0 Å². The smallest absolute Gasteiger partial charge is 0.459 e. The molecule has 10 heteroatoms. The molecule has 2 aromatic heterocycles. The fourth-order valence-corrected chi connectivity index (χ4v) is 7.52. The largest absolute Gasteiger partial charge is 0.490 e. The molecule has 6 nitrogen and oxygen atoms in total. The molecule has 4 saturated carbocycles. The number of rotatable bonds is 9. The maximum atomic E-state index is 12.4. The minimum atomic E-state index is -4.95. The summed E-state index contributed by atoms with van der Waals surface area (Å²) in [6.45, 7) is 0.356. The van der Waals surface area contributed by atoms with Crippen LogP contribution in [-0.2, 0) is 27.2 Å². The Hall–Kier alpha value is -2.10. The third-order valence-electron chi connectivity index (χ3n) is 7.56. The van der Waals surface area contributed by atoms with Gasteiger partial charge in [-0.15, -0.1) is 10.2 Å². The Morgan fingerprint density at radius 2 is 1.82 bits per heavy atom. The van der Waals surface area contributed by atoms with E-state index in [9.17, 15) is 18.0 Å². The first-order valence-corrected chi connectivity index (χ1v) is 13.0. The average Bonchev–Trinajstić information content (AvgIpc) is 3.20. The van der Waals surface area contributed by atoms with Crippen molar-refractivity contribution in [2.45, 2.75) is 80.4 Å². The lowest BCUT2D eigenvalue weighted by molar-refractivity contribution is -0.199. The molecule has 0 atom stereocenters. The summed E-state index contributed by atoms with van der Waals surface area (Å²) in [6, 6.07) is 3.93. The van der Waals surface area contributed by atoms with Crippen molar-refractivity contribution in [1.82, 2.24) is 19.7 Å². The predicted molar refractivity (Wildman–Crippen MR) is 120 cm³/mol. The summed E-state index contributed by atoms with van der Waals surface area (Å²) in [7, 11) is 0. The Morgan fingerprint density at radius 3 is 2.44 bits per heavy atom. The number of pyridine rings is 1. The molecule has 4 aliphatic rings. The zero-order valence-corrected chi connectivity index (χ0v) is 19.8. The molecule has 2 heterocycles. The number of thioether (sulfide) groups is 1. The summed E-state index contributed by atoms with van der Waals surface area (Å²) in [6.07, 6.45) is 7.05. The second kappa shape index (κ2) is 9.51. The number of ether oxygens (including phenoxy) is 1. The standard InChI is InChI=1S/C24H29F3N4O2S/c25-24(26,27)21(32)33-7-2-1-6-31-20(23-11-17-8-18(12-23)10-19(9-17)13-23)29-30-22(31)34-15-16-4-3-5-28-14-16/h3-5,14,17-19H,1-2,6-13,15H2. The maximum absolute atomic E-state index is 12.4. The molecule has 0 aromatic carbocycles. The normalized spacial score (nSPS) is 27.8. The SMILES string of the molecule is O=C(OCCCCn1c(SCc2cccnc2)nnc1C12CC3CC(CC(C3)C1)C2)C(F)(F)F. The number of esters is 1. The monoisotopic (exact) mass is 494 g/mol. The molecule has 0 spiro atoms. The van der Waals surface area contributed by atoms with E-state index >= 15 is 0 Å². The molecule has 6 rings (SSSR count). The van der Waals surface area contributed by atoms with E-state index in [4.69, 9.17) is 5.10 Å². The van der Waals surface area contributed by atoms with Crippen molar-refractivity contribution in [3.05, 3.63) is 35.9 Å². The number of hydrogen-bond donors (Lipinski definition) is 0. The van der Waals surface area contributed by atoms with Gasteiger partial charge >= 0.3 is 12.1 Å². The lowest BCUT2D eigenvalue weighted by atomic mass is 9.49. The molecule has 0 unspecified atom stereocenters. The second-order valence-electron chi connectivity index (χ2n) is 10.1. The van der Waals surface area contributed by atoms with Gasteiger partial charge in [0.2, 0.25) is 0 Å². The van der Waals surface area contributed by atoms with Crippen LogP contribution in [0.2, 0.25) is 0 Å². The third-order valence-corrected chi connectivity index (χ3v) is 8.60. The van der Waals surface area contributed by atoms with Gasteiger partial charge in [0, 0.05) is 30.1 Å². The number of alkyl halides is 3. The molecule has 4 aliphatic carbocycles. The fraction of sp³-hybridized carbons (Fsp3) is 0.667. The highest BCUT2D eigenvalue weighted by atomic mass is 32.2. The Kier molecular flexibility index (Phi) is 6.61. The van der Waals surface area contributed by atoms with Gasteiger partial charge in [-0.1, -0.05) is 17.8 Å². The van der Waals surface area contributed by atoms with Crippen LogP contribution >= 0.6 is 11.8 Å². The van der Waals surface area contributed by atoms with Crippen LogP contribution in [0.25, 0.3) is 0 Å². The highest BCUT2D eigenvalue weighted by Gasteiger charge is 2.54. The second-order valence-corrected chi connectivity index (χ2v) is 11.1. The fourth-order valence-electron chi connectivity index (χ4n) is 6.62. The number of carbonyl (C=O) groups excluding carboxylic acids is 1. The number of unbranched alkanes of at least 4 members (excludes halogenated alkanes) is 1. The summed E-state index contributed by atoms with van der Waals surface area (Å²) in [5.74, 6) is 1.95. The third kappa shape index (κ3) is 4.97. The van der Waals surface area contributed by atoms with E-state index in [1.165, 1.54) is 19.3 Å². The molecule has 0 amide bonds. The van der Waals surface area contributed by atoms with Crippen LogP contribution in [0.1, 0.15) is 62.8 Å². The average molecular weight is 495 g/mol. The molecule has 0 aliphatic heterocycles. The minimum absolute atomic E-state index is 0.0671. The molecular formula is C24H29F3N4O2S. The molecular weight excluding hydrogens is 465 g/mol. The lowest BCUT2D eigenvalue weighted by Gasteiger charge is -2.56. The van der Waals surface area contributed by atoms with Gasteiger partial charge in [0.05, 0.1) is 6.61 Å². The summed E-state index contributed by atoms with van der Waals surface area (Å²) >= 11 is 1.61. The molecule has 0 N–H and O–H groups in total. The minimum Gasteiger partial charge on any atom is -0.459 e. The van der Waals surface area contributed by atoms with Gasteiger partial charge < -0.3 is 9.30 Å². The summed E-state index contributed by atoms with van der Waals surface area (Å²) in [4.78, 5) is 15.1. The first kappa shape index (κ1) is 23.6. The number of aromatic nitrogens is 4. The van der Waals surface area contributed by atoms with E-state index < -0.39 is 12.1 Å². The number of carbonyl (C=O) groups is 1. The van der Waals surface area contributed by atoms with Crippen LogP contribution in [0.15, 0.2) is 29.7 Å². The highest BCUT2D eigenvalue weighted by molar-refractivity contribution is 7.98. The van der Waals surface area contributed by atoms with Gasteiger partial charge in [-0.25, -0.2) is 4.79 Å². The van der Waals surface area contributed by atoms with Crippen LogP contribution in [0.3, 0.4) is 0 Å². The van der Waals surface area contributed by atoms with Gasteiger partial charge in [-0.2, -0.15) is 13.2 Å². The number of nitrogens with zero attached hydrogens (tertiary/aromatic N) is 4. The van der Waals surface area contributed by atoms with Crippen LogP contribution in [-0.4, -0.2) is 38.5 Å². The molecule has 4 bridgehead atoms. The van der Waals surface area contributed by atoms with Gasteiger partial charge in [0.1, 0.15) is 5.82 Å². The van der Waals surface area contributed by atoms with E-state index in [1.807, 2.05) is 18.3 Å². The number of hydrogen-bond acceptors (Lipinski definition) is 6. The first-order valence-electron chi connectivity index (χ1n) is 12.0. The summed E-state index contributed by atoms with van der Waals surface area (Å²) in [5, 5.41) is 10.1. The Balaban J connectivity index is 1.30. The molecule has 2 aromatic rings. The zero-order chi connectivity index (χ0) is 23.8. The van der Waals surface area contributed by atoms with Gasteiger partial charge in [-0.05, 0) is 80.8 Å². The van der Waals surface area contributed by atoms with Crippen molar-refractivity contribution in [3.8, 4) is 0 Å². The van der Waals surface area contributed by atoms with Crippen molar-refractivity contribution in [2.24, 2.45) is 17.8 Å². The van der Waals surface area contributed by atoms with Crippen LogP contribution in [0, 0.1) is 17.8 Å². The quantitative estimate of drug-likeness (QED) is 0.267. The molecule has 4 fully saturated rings. The van der Waals surface area contributed by atoms with Crippen LogP contribution in [0.4, 0.5) is 13.2 Å². The van der Waals surface area contributed by atoms with E-state index in [-0.39, 0.29) is 12.0 Å². The maximum Gasteiger partial charge on any atom is 0.490 e. The Morgan fingerprint density at radius 1 is 1.12 bits per heavy atom. The van der Waals surface area contributed by atoms with Crippen molar-refractivity contribution in [2.75, 3.05) is 6.61 Å². The molecule has 184 valence electrons. The van der Waals surface area contributed by atoms with E-state index in [0.29, 0.717) is 19.4 Å². The van der Waals surface area contributed by atoms with Crippen LogP contribution < -0.4 is 0 Å². The summed E-state index contributed by atoms with van der Waals surface area (Å²) < 4.78 is 43.7. The van der Waals surface area contributed by atoms with E-state index in [2.05, 4.69) is 19.4 Å². The van der Waals surface area contributed by atoms with Crippen LogP contribution in [0.5, 0.6) is 0 Å². The van der Waals surface area contributed by atoms with Gasteiger partial charge in [-0.3, -0.25) is 4.98 Å². The first-order chi connectivity index (χ1) is 16.3. The van der Waals surface area contributed by atoms with Crippen molar-refractivity contribution >= 4 is 17.7 Å². The Bertz CT molecular complexity index is 976. The van der Waals surface area contributed by atoms with Crippen molar-refractivity contribution in [1.29, 1.82) is 0 Å². The topological polar surface area (TPSA) is 69.9 Å². The van der Waals surface area contributed by atoms with Gasteiger partial charge in [0.15, 0.2) is 5.16 Å². The summed E-state index contributed by atoms with van der Waals surface area (Å²) in [5.41, 5.74) is 1.16. The predicted octanol–water partition coefficient (Wildman–Crippen LogP) is 5.32. The Labute approximate surface area is 201 Å². The van der Waals surface area contributed by atoms with Crippen molar-refractivity contribution in [3.63, 3.8) is 0 Å². The van der Waals surface area contributed by atoms with Crippen molar-refractivity contribution < 1.29 is 22.7 Å². The number of halogens is 3. The van der Waals surface area contributed by atoms with Gasteiger partial charge in [0.25, 0.3) is 0 Å². The lowest BCUT2D eigenvalue weighted by Crippen LogP contribution is -2.49. The molecule has 0 saturated heterocycles. The highest BCUT2D eigenvalue weighted by Crippen LogP contribution is 2.60. The van der Waals surface area contributed by atoms with E-state index in [0.717, 1.165) is 59.3 Å².